The van der Waals surface area contributed by atoms with E-state index in [4.69, 9.17) is 9.47 Å². The molecule has 0 aliphatic heterocycles. The Labute approximate surface area is 175 Å². The number of ether oxygens (including phenoxy) is 2. The van der Waals surface area contributed by atoms with E-state index in [0.717, 1.165) is 19.3 Å². The Balaban J connectivity index is 1.57. The topological polar surface area (TPSA) is 52.6 Å². The highest BCUT2D eigenvalue weighted by Crippen LogP contribution is 2.65. The molecule has 0 radical (unpaired) electrons. The van der Waals surface area contributed by atoms with E-state index in [1.54, 1.807) is 11.1 Å². The molecule has 0 bridgehead atoms. The van der Waals surface area contributed by atoms with Crippen molar-refractivity contribution in [2.45, 2.75) is 105 Å². The van der Waals surface area contributed by atoms with Crippen molar-refractivity contribution in [3.63, 3.8) is 0 Å². The van der Waals surface area contributed by atoms with Gasteiger partial charge in [0.05, 0.1) is 0 Å². The van der Waals surface area contributed by atoms with Crippen LogP contribution in [0.1, 0.15) is 92.4 Å². The fourth-order valence-corrected chi connectivity index (χ4v) is 7.93. The zero-order chi connectivity index (χ0) is 21.0. The summed E-state index contributed by atoms with van der Waals surface area (Å²) in [6.07, 6.45) is 10.6. The largest absolute Gasteiger partial charge is 0.463 e. The van der Waals surface area contributed by atoms with Gasteiger partial charge in [-0.3, -0.25) is 9.59 Å². The normalized spacial score (nSPS) is 42.4. The highest BCUT2D eigenvalue weighted by molar-refractivity contribution is 5.66. The Kier molecular flexibility index (Phi) is 5.36. The zero-order valence-corrected chi connectivity index (χ0v) is 18.9. The molecular formula is C25H38O4. The average molecular weight is 403 g/mol. The van der Waals surface area contributed by atoms with Gasteiger partial charge < -0.3 is 9.47 Å². The van der Waals surface area contributed by atoms with E-state index >= 15 is 0 Å². The number of carbonyl (C=O) groups excluding carboxylic acids is 2. The molecule has 4 rings (SSSR count). The van der Waals surface area contributed by atoms with E-state index in [1.807, 2.05) is 0 Å². The number of hydrogen-bond acceptors (Lipinski definition) is 4. The van der Waals surface area contributed by atoms with Crippen molar-refractivity contribution in [2.75, 3.05) is 0 Å². The van der Waals surface area contributed by atoms with Gasteiger partial charge in [0.25, 0.3) is 0 Å². The van der Waals surface area contributed by atoms with Crippen LogP contribution in [0.15, 0.2) is 11.1 Å². The molecular weight excluding hydrogens is 364 g/mol. The summed E-state index contributed by atoms with van der Waals surface area (Å²) in [6.45, 7) is 10.1. The number of carbonyl (C=O) groups is 2. The summed E-state index contributed by atoms with van der Waals surface area (Å²) in [7, 11) is 0. The van der Waals surface area contributed by atoms with Crippen molar-refractivity contribution < 1.29 is 19.1 Å². The van der Waals surface area contributed by atoms with Gasteiger partial charge in [-0.05, 0) is 87.4 Å². The first-order valence-corrected chi connectivity index (χ1v) is 11.7. The van der Waals surface area contributed by atoms with Gasteiger partial charge in [0.2, 0.25) is 0 Å². The first-order valence-electron chi connectivity index (χ1n) is 11.7. The van der Waals surface area contributed by atoms with E-state index in [2.05, 4.69) is 20.8 Å². The lowest BCUT2D eigenvalue weighted by Gasteiger charge is -2.56. The second-order valence-electron chi connectivity index (χ2n) is 10.7. The summed E-state index contributed by atoms with van der Waals surface area (Å²) >= 11 is 0. The third kappa shape index (κ3) is 3.45. The van der Waals surface area contributed by atoms with Crippen LogP contribution in [-0.2, 0) is 19.1 Å². The van der Waals surface area contributed by atoms with Gasteiger partial charge in [-0.25, -0.2) is 0 Å². The predicted molar refractivity (Wildman–Crippen MR) is 112 cm³/mol. The summed E-state index contributed by atoms with van der Waals surface area (Å²) < 4.78 is 11.2. The SMILES string of the molecule is CC(=O)OC(C)[C@H]1CCC2=C3CC[C@H]4C[C@@H](OC(C)=O)CC[C@]4(C)C3CC[C@@]21C. The standard InChI is InChI=1S/C25H38O4/c1-15(28-16(2)26)21-8-9-22-20-7-6-18-14-19(29-17(3)27)10-12-24(18,4)23(20)11-13-25(21,22)5/h15,18-19,21,23H,6-14H2,1-5H3/t15?,18-,19-,21+,23?,24-,25+/m0/s1. The van der Waals surface area contributed by atoms with E-state index in [9.17, 15) is 9.59 Å². The van der Waals surface area contributed by atoms with Gasteiger partial charge in [-0.15, -0.1) is 0 Å². The Morgan fingerprint density at radius 1 is 1.00 bits per heavy atom. The molecule has 0 aromatic carbocycles. The summed E-state index contributed by atoms with van der Waals surface area (Å²) in [4.78, 5) is 23.0. The Morgan fingerprint density at radius 2 is 1.76 bits per heavy atom. The lowest BCUT2D eigenvalue weighted by Crippen LogP contribution is -2.49. The van der Waals surface area contributed by atoms with Crippen LogP contribution in [0, 0.1) is 28.6 Å². The maximum atomic E-state index is 11.5. The molecule has 0 amide bonds. The van der Waals surface area contributed by atoms with Gasteiger partial charge in [-0.1, -0.05) is 25.0 Å². The fraction of sp³-hybridized carbons (Fsp3) is 0.840. The summed E-state index contributed by atoms with van der Waals surface area (Å²) in [5, 5.41) is 0. The number of hydrogen-bond donors (Lipinski definition) is 0. The maximum Gasteiger partial charge on any atom is 0.302 e. The summed E-state index contributed by atoms with van der Waals surface area (Å²) in [6, 6.07) is 0. The van der Waals surface area contributed by atoms with Crippen molar-refractivity contribution in [3.05, 3.63) is 11.1 Å². The lowest BCUT2D eigenvalue weighted by atomic mass is 9.49. The molecule has 0 heterocycles. The Bertz CT molecular complexity index is 724. The predicted octanol–water partition coefficient (Wildman–Crippen LogP) is 5.59. The van der Waals surface area contributed by atoms with Gasteiger partial charge >= 0.3 is 11.9 Å². The van der Waals surface area contributed by atoms with Crippen molar-refractivity contribution in [1.82, 2.24) is 0 Å². The average Bonchev–Trinajstić information content (AvgIpc) is 2.98. The molecule has 0 aromatic rings. The Hall–Kier alpha value is -1.32. The van der Waals surface area contributed by atoms with Crippen molar-refractivity contribution in [2.24, 2.45) is 28.6 Å². The molecule has 0 N–H and O–H groups in total. The third-order valence-corrected chi connectivity index (χ3v) is 9.27. The van der Waals surface area contributed by atoms with Gasteiger partial charge in [0.15, 0.2) is 0 Å². The number of esters is 2. The monoisotopic (exact) mass is 402 g/mol. The number of rotatable bonds is 3. The fourth-order valence-electron chi connectivity index (χ4n) is 7.93. The Morgan fingerprint density at radius 3 is 2.45 bits per heavy atom. The van der Waals surface area contributed by atoms with E-state index in [0.29, 0.717) is 23.2 Å². The highest BCUT2D eigenvalue weighted by Gasteiger charge is 2.56. The lowest BCUT2D eigenvalue weighted by molar-refractivity contribution is -0.153. The highest BCUT2D eigenvalue weighted by atomic mass is 16.5. The van der Waals surface area contributed by atoms with Crippen LogP contribution in [0.4, 0.5) is 0 Å². The van der Waals surface area contributed by atoms with Gasteiger partial charge in [0.1, 0.15) is 12.2 Å². The molecule has 162 valence electrons. The number of fused-ring (bicyclic) bond motifs is 4. The summed E-state index contributed by atoms with van der Waals surface area (Å²) in [5.41, 5.74) is 4.00. The molecule has 0 spiro atoms. The molecule has 7 atom stereocenters. The van der Waals surface area contributed by atoms with Gasteiger partial charge in [0, 0.05) is 19.8 Å². The minimum atomic E-state index is -0.159. The molecule has 4 aliphatic rings. The van der Waals surface area contributed by atoms with Crippen molar-refractivity contribution in [3.8, 4) is 0 Å². The van der Waals surface area contributed by atoms with Crippen molar-refractivity contribution >= 4 is 11.9 Å². The molecule has 29 heavy (non-hydrogen) atoms. The molecule has 4 aliphatic carbocycles. The van der Waals surface area contributed by atoms with Crippen LogP contribution in [0.3, 0.4) is 0 Å². The first-order chi connectivity index (χ1) is 13.6. The third-order valence-electron chi connectivity index (χ3n) is 9.27. The molecule has 4 heteroatoms. The molecule has 2 unspecified atom stereocenters. The molecule has 0 aromatic heterocycles. The van der Waals surface area contributed by atoms with Crippen LogP contribution < -0.4 is 0 Å². The maximum absolute atomic E-state index is 11.5. The molecule has 0 saturated heterocycles. The van der Waals surface area contributed by atoms with Gasteiger partial charge in [-0.2, -0.15) is 0 Å². The van der Waals surface area contributed by atoms with E-state index in [-0.39, 0.29) is 29.6 Å². The van der Waals surface area contributed by atoms with Crippen LogP contribution in [-0.4, -0.2) is 24.1 Å². The second kappa shape index (κ2) is 7.42. The van der Waals surface area contributed by atoms with Crippen LogP contribution >= 0.6 is 0 Å². The van der Waals surface area contributed by atoms with Crippen LogP contribution in [0.5, 0.6) is 0 Å². The quantitative estimate of drug-likeness (QED) is 0.456. The minimum absolute atomic E-state index is 0.00163. The smallest absolute Gasteiger partial charge is 0.302 e. The van der Waals surface area contributed by atoms with E-state index < -0.39 is 0 Å². The first kappa shape index (κ1) is 20.9. The van der Waals surface area contributed by atoms with Crippen molar-refractivity contribution in [1.29, 1.82) is 0 Å². The minimum Gasteiger partial charge on any atom is -0.463 e. The van der Waals surface area contributed by atoms with Crippen LogP contribution in [0.25, 0.3) is 0 Å². The number of allylic oxidation sites excluding steroid dienone is 2. The zero-order valence-electron chi connectivity index (χ0n) is 18.9. The molecule has 3 fully saturated rings. The molecule has 3 saturated carbocycles. The summed E-state index contributed by atoms with van der Waals surface area (Å²) in [5.74, 6) is 1.50. The second-order valence-corrected chi connectivity index (χ2v) is 10.7. The van der Waals surface area contributed by atoms with Crippen LogP contribution in [0.2, 0.25) is 0 Å². The molecule has 4 nitrogen and oxygen atoms in total. The van der Waals surface area contributed by atoms with E-state index in [1.165, 1.54) is 52.4 Å².